The fraction of sp³-hybridized carbons (Fsp3) is 0.125. The third-order valence-electron chi connectivity index (χ3n) is 3.09. The molecule has 0 amide bonds. The summed E-state index contributed by atoms with van der Waals surface area (Å²) < 4.78 is 7.13. The van der Waals surface area contributed by atoms with E-state index in [1.165, 1.54) is 21.2 Å². The molecular formula is C16H13ClOS. The molecule has 0 bridgehead atoms. The maximum Gasteiger partial charge on any atom is 0.119 e. The highest BCUT2D eigenvalue weighted by Gasteiger charge is 2.07. The van der Waals surface area contributed by atoms with Crippen LogP contribution in [0.25, 0.3) is 10.1 Å². The second-order valence-electron chi connectivity index (χ2n) is 4.45. The normalized spacial score (nSPS) is 10.8. The minimum absolute atomic E-state index is 0.590. The van der Waals surface area contributed by atoms with Gasteiger partial charge in [-0.1, -0.05) is 23.7 Å². The van der Waals surface area contributed by atoms with Gasteiger partial charge in [-0.2, -0.15) is 0 Å². The molecule has 1 heterocycles. The summed E-state index contributed by atoms with van der Waals surface area (Å²) >= 11 is 7.62. The molecule has 0 spiro atoms. The molecule has 0 unspecified atom stereocenters. The van der Waals surface area contributed by atoms with Crippen LogP contribution in [0.3, 0.4) is 0 Å². The fourth-order valence-electron chi connectivity index (χ4n) is 2.14. The first-order valence-electron chi connectivity index (χ1n) is 6.08. The summed E-state index contributed by atoms with van der Waals surface area (Å²) in [4.78, 5) is 0. The van der Waals surface area contributed by atoms with Crippen molar-refractivity contribution in [3.05, 3.63) is 64.0 Å². The van der Waals surface area contributed by atoms with E-state index in [-0.39, 0.29) is 0 Å². The van der Waals surface area contributed by atoms with Gasteiger partial charge in [0.1, 0.15) is 12.4 Å². The Bertz CT molecular complexity index is 700. The van der Waals surface area contributed by atoms with Crippen LogP contribution in [0, 0.1) is 6.92 Å². The number of fused-ring (bicyclic) bond motifs is 1. The van der Waals surface area contributed by atoms with E-state index in [1.54, 1.807) is 11.3 Å². The van der Waals surface area contributed by atoms with Gasteiger partial charge in [-0.05, 0) is 48.2 Å². The van der Waals surface area contributed by atoms with Crippen molar-refractivity contribution in [1.29, 1.82) is 0 Å². The first kappa shape index (κ1) is 12.5. The minimum atomic E-state index is 0.590. The van der Waals surface area contributed by atoms with Crippen molar-refractivity contribution in [3.63, 3.8) is 0 Å². The lowest BCUT2D eigenvalue weighted by molar-refractivity contribution is 0.308. The van der Waals surface area contributed by atoms with Gasteiger partial charge in [-0.15, -0.1) is 11.3 Å². The summed E-state index contributed by atoms with van der Waals surface area (Å²) in [5.41, 5.74) is 2.54. The predicted molar refractivity (Wildman–Crippen MR) is 82.3 cm³/mol. The van der Waals surface area contributed by atoms with Gasteiger partial charge in [0.15, 0.2) is 0 Å². The predicted octanol–water partition coefficient (Wildman–Crippen LogP) is 5.44. The molecule has 3 heteroatoms. The van der Waals surface area contributed by atoms with E-state index < -0.39 is 0 Å². The van der Waals surface area contributed by atoms with Crippen molar-refractivity contribution in [1.82, 2.24) is 0 Å². The van der Waals surface area contributed by atoms with Gasteiger partial charge in [0.25, 0.3) is 0 Å². The maximum atomic E-state index is 5.86. The third kappa shape index (κ3) is 2.60. The molecule has 96 valence electrons. The van der Waals surface area contributed by atoms with E-state index in [1.807, 2.05) is 24.3 Å². The van der Waals surface area contributed by atoms with Gasteiger partial charge in [0, 0.05) is 20.7 Å². The third-order valence-corrected chi connectivity index (χ3v) is 4.34. The summed E-state index contributed by atoms with van der Waals surface area (Å²) in [6, 6.07) is 13.9. The van der Waals surface area contributed by atoms with E-state index in [4.69, 9.17) is 16.3 Å². The topological polar surface area (TPSA) is 9.23 Å². The SMILES string of the molecule is Cc1cccc2scc(COc3ccc(Cl)cc3)c12. The second-order valence-corrected chi connectivity index (χ2v) is 5.80. The molecule has 0 atom stereocenters. The molecule has 0 saturated carbocycles. The molecule has 19 heavy (non-hydrogen) atoms. The van der Waals surface area contributed by atoms with Gasteiger partial charge >= 0.3 is 0 Å². The molecule has 0 radical (unpaired) electrons. The van der Waals surface area contributed by atoms with Crippen molar-refractivity contribution in [3.8, 4) is 5.75 Å². The smallest absolute Gasteiger partial charge is 0.119 e. The molecule has 0 N–H and O–H groups in total. The van der Waals surface area contributed by atoms with E-state index in [9.17, 15) is 0 Å². The molecule has 0 aliphatic carbocycles. The van der Waals surface area contributed by atoms with Crippen molar-refractivity contribution in [2.45, 2.75) is 13.5 Å². The number of hydrogen-bond donors (Lipinski definition) is 0. The van der Waals surface area contributed by atoms with E-state index in [2.05, 4.69) is 30.5 Å². The molecule has 3 aromatic rings. The lowest BCUT2D eigenvalue weighted by Gasteiger charge is -2.06. The van der Waals surface area contributed by atoms with E-state index >= 15 is 0 Å². The summed E-state index contributed by atoms with van der Waals surface area (Å²) in [5, 5.41) is 4.22. The number of halogens is 1. The van der Waals surface area contributed by atoms with Crippen molar-refractivity contribution in [2.75, 3.05) is 0 Å². The number of thiophene rings is 1. The Morgan fingerprint density at radius 1 is 1.11 bits per heavy atom. The van der Waals surface area contributed by atoms with Crippen LogP contribution in [0.5, 0.6) is 5.75 Å². The lowest BCUT2D eigenvalue weighted by atomic mass is 10.1. The number of ether oxygens (including phenoxy) is 1. The minimum Gasteiger partial charge on any atom is -0.489 e. The van der Waals surface area contributed by atoms with Crippen molar-refractivity contribution >= 4 is 33.0 Å². The van der Waals surface area contributed by atoms with Crippen LogP contribution in [0.4, 0.5) is 0 Å². The van der Waals surface area contributed by atoms with Crippen molar-refractivity contribution < 1.29 is 4.74 Å². The molecular weight excluding hydrogens is 276 g/mol. The van der Waals surface area contributed by atoms with Crippen molar-refractivity contribution in [2.24, 2.45) is 0 Å². The number of aryl methyl sites for hydroxylation is 1. The van der Waals surface area contributed by atoms with Gasteiger partial charge in [-0.3, -0.25) is 0 Å². The van der Waals surface area contributed by atoms with Crippen LogP contribution in [-0.4, -0.2) is 0 Å². The van der Waals surface area contributed by atoms with Gasteiger partial charge in [0.2, 0.25) is 0 Å². The van der Waals surface area contributed by atoms with Crippen LogP contribution in [-0.2, 0) is 6.61 Å². The molecule has 0 aliphatic rings. The zero-order valence-electron chi connectivity index (χ0n) is 10.5. The van der Waals surface area contributed by atoms with E-state index in [0.717, 1.165) is 10.8 Å². The molecule has 0 aliphatic heterocycles. The molecule has 3 rings (SSSR count). The largest absolute Gasteiger partial charge is 0.489 e. The van der Waals surface area contributed by atoms with Crippen LogP contribution >= 0.6 is 22.9 Å². The summed E-state index contributed by atoms with van der Waals surface area (Å²) in [6.07, 6.45) is 0. The fourth-order valence-corrected chi connectivity index (χ4v) is 3.29. The first-order valence-corrected chi connectivity index (χ1v) is 7.34. The zero-order valence-corrected chi connectivity index (χ0v) is 12.1. The summed E-state index contributed by atoms with van der Waals surface area (Å²) in [5.74, 6) is 0.845. The highest BCUT2D eigenvalue weighted by molar-refractivity contribution is 7.17. The molecule has 0 saturated heterocycles. The number of hydrogen-bond acceptors (Lipinski definition) is 2. The quantitative estimate of drug-likeness (QED) is 0.623. The molecule has 1 aromatic heterocycles. The summed E-state index contributed by atoms with van der Waals surface area (Å²) in [6.45, 7) is 2.73. The average Bonchev–Trinajstić information content (AvgIpc) is 2.83. The van der Waals surface area contributed by atoms with Gasteiger partial charge in [0.05, 0.1) is 0 Å². The van der Waals surface area contributed by atoms with Crippen LogP contribution in [0.15, 0.2) is 47.8 Å². The van der Waals surface area contributed by atoms with Crippen LogP contribution < -0.4 is 4.74 Å². The van der Waals surface area contributed by atoms with Gasteiger partial charge < -0.3 is 4.74 Å². The molecule has 2 aromatic carbocycles. The van der Waals surface area contributed by atoms with Crippen LogP contribution in [0.2, 0.25) is 5.02 Å². The van der Waals surface area contributed by atoms with Crippen LogP contribution in [0.1, 0.15) is 11.1 Å². The Morgan fingerprint density at radius 3 is 2.68 bits per heavy atom. The summed E-state index contributed by atoms with van der Waals surface area (Å²) in [7, 11) is 0. The number of benzene rings is 2. The molecule has 1 nitrogen and oxygen atoms in total. The monoisotopic (exact) mass is 288 g/mol. The van der Waals surface area contributed by atoms with Gasteiger partial charge in [-0.25, -0.2) is 0 Å². The zero-order chi connectivity index (χ0) is 13.2. The Balaban J connectivity index is 1.84. The Labute approximate surface area is 121 Å². The second kappa shape index (κ2) is 5.24. The number of rotatable bonds is 3. The highest BCUT2D eigenvalue weighted by atomic mass is 35.5. The maximum absolute atomic E-state index is 5.86. The lowest BCUT2D eigenvalue weighted by Crippen LogP contribution is -1.94. The standard InChI is InChI=1S/C16H13ClOS/c1-11-3-2-4-15-16(11)12(10-19-15)9-18-14-7-5-13(17)6-8-14/h2-8,10H,9H2,1H3. The Morgan fingerprint density at radius 2 is 1.89 bits per heavy atom. The Hall–Kier alpha value is -1.51. The highest BCUT2D eigenvalue weighted by Crippen LogP contribution is 2.29. The Kier molecular flexibility index (Phi) is 3.45. The first-order chi connectivity index (χ1) is 9.24. The molecule has 0 fully saturated rings. The van der Waals surface area contributed by atoms with E-state index in [0.29, 0.717) is 6.61 Å². The average molecular weight is 289 g/mol.